The Labute approximate surface area is 113 Å². The minimum Gasteiger partial charge on any atom is -0.435 e. The standard InChI is InChI=1S/C15H21F2NO/c1-10(12-4-3-5-12)18-11(2)13-6-8-14(9-7-13)19-15(16)17/h6-12,15,18H,3-5H2,1-2H3. The molecule has 0 aromatic heterocycles. The van der Waals surface area contributed by atoms with Gasteiger partial charge in [-0.3, -0.25) is 0 Å². The minimum atomic E-state index is -2.76. The molecule has 1 N–H and O–H groups in total. The van der Waals surface area contributed by atoms with E-state index < -0.39 is 6.61 Å². The SMILES string of the molecule is CC(NC(C)C1CCC1)c1ccc(OC(F)F)cc1. The molecular formula is C15H21F2NO. The predicted octanol–water partition coefficient (Wildman–Crippen LogP) is 4.13. The maximum absolute atomic E-state index is 12.1. The molecule has 0 aliphatic heterocycles. The molecule has 0 bridgehead atoms. The maximum atomic E-state index is 12.1. The zero-order valence-electron chi connectivity index (χ0n) is 11.4. The summed E-state index contributed by atoms with van der Waals surface area (Å²) in [4.78, 5) is 0. The van der Waals surface area contributed by atoms with Crippen molar-refractivity contribution in [3.63, 3.8) is 0 Å². The quantitative estimate of drug-likeness (QED) is 0.838. The molecule has 2 nitrogen and oxygen atoms in total. The molecule has 1 fully saturated rings. The zero-order valence-corrected chi connectivity index (χ0v) is 11.4. The third-order valence-electron chi connectivity index (χ3n) is 3.98. The molecule has 0 saturated heterocycles. The molecule has 0 radical (unpaired) electrons. The van der Waals surface area contributed by atoms with Gasteiger partial charge in [0.25, 0.3) is 0 Å². The lowest BCUT2D eigenvalue weighted by Gasteiger charge is -2.34. The summed E-state index contributed by atoms with van der Waals surface area (Å²) in [5, 5.41) is 3.57. The second kappa shape index (κ2) is 6.33. The van der Waals surface area contributed by atoms with Gasteiger partial charge in [-0.05, 0) is 50.3 Å². The van der Waals surface area contributed by atoms with E-state index in [1.807, 2.05) is 12.1 Å². The highest BCUT2D eigenvalue weighted by Crippen LogP contribution is 2.30. The Kier molecular flexibility index (Phi) is 4.75. The summed E-state index contributed by atoms with van der Waals surface area (Å²) in [7, 11) is 0. The number of halogens is 2. The predicted molar refractivity (Wildman–Crippen MR) is 71.4 cm³/mol. The summed E-state index contributed by atoms with van der Waals surface area (Å²) in [6.07, 6.45) is 3.95. The number of nitrogens with one attached hydrogen (secondary N) is 1. The number of benzene rings is 1. The van der Waals surface area contributed by atoms with Gasteiger partial charge in [-0.2, -0.15) is 8.78 Å². The lowest BCUT2D eigenvalue weighted by Crippen LogP contribution is -2.38. The Balaban J connectivity index is 1.89. The van der Waals surface area contributed by atoms with Crippen LogP contribution in [0.25, 0.3) is 0 Å². The van der Waals surface area contributed by atoms with Crippen LogP contribution >= 0.6 is 0 Å². The molecule has 1 aromatic rings. The van der Waals surface area contributed by atoms with Crippen LogP contribution in [0.2, 0.25) is 0 Å². The van der Waals surface area contributed by atoms with E-state index in [9.17, 15) is 8.78 Å². The molecule has 0 heterocycles. The molecule has 2 unspecified atom stereocenters. The Morgan fingerprint density at radius 3 is 2.26 bits per heavy atom. The van der Waals surface area contributed by atoms with Gasteiger partial charge in [0.05, 0.1) is 0 Å². The summed E-state index contributed by atoms with van der Waals surface area (Å²) in [6.45, 7) is 1.55. The van der Waals surface area contributed by atoms with E-state index in [-0.39, 0.29) is 11.8 Å². The van der Waals surface area contributed by atoms with Crippen LogP contribution in [0.5, 0.6) is 5.75 Å². The monoisotopic (exact) mass is 269 g/mol. The first kappa shape index (κ1) is 14.3. The number of rotatable bonds is 6. The molecule has 1 aliphatic carbocycles. The van der Waals surface area contributed by atoms with Crippen molar-refractivity contribution in [2.45, 2.75) is 51.8 Å². The zero-order chi connectivity index (χ0) is 13.8. The maximum Gasteiger partial charge on any atom is 0.387 e. The second-order valence-electron chi connectivity index (χ2n) is 5.32. The van der Waals surface area contributed by atoms with Crippen LogP contribution in [-0.4, -0.2) is 12.7 Å². The van der Waals surface area contributed by atoms with E-state index in [4.69, 9.17) is 0 Å². The first-order chi connectivity index (χ1) is 9.06. The van der Waals surface area contributed by atoms with Crippen molar-refractivity contribution in [1.82, 2.24) is 5.32 Å². The molecule has 0 amide bonds. The average Bonchev–Trinajstić information content (AvgIpc) is 2.26. The van der Waals surface area contributed by atoms with Crippen LogP contribution in [-0.2, 0) is 0 Å². The van der Waals surface area contributed by atoms with E-state index in [2.05, 4.69) is 23.9 Å². The van der Waals surface area contributed by atoms with Crippen LogP contribution in [0.3, 0.4) is 0 Å². The Hall–Kier alpha value is -1.16. The van der Waals surface area contributed by atoms with Gasteiger partial charge in [-0.15, -0.1) is 0 Å². The van der Waals surface area contributed by atoms with Crippen LogP contribution in [0.15, 0.2) is 24.3 Å². The molecule has 1 aliphatic rings. The van der Waals surface area contributed by atoms with Crippen LogP contribution in [0, 0.1) is 5.92 Å². The molecule has 2 atom stereocenters. The summed E-state index contributed by atoms with van der Waals surface area (Å²) in [5.41, 5.74) is 1.09. The highest BCUT2D eigenvalue weighted by Gasteiger charge is 2.24. The Morgan fingerprint density at radius 1 is 1.16 bits per heavy atom. The highest BCUT2D eigenvalue weighted by atomic mass is 19.3. The van der Waals surface area contributed by atoms with E-state index >= 15 is 0 Å². The van der Waals surface area contributed by atoms with Gasteiger partial charge in [0.1, 0.15) is 5.75 Å². The normalized spacial score (nSPS) is 19.0. The third kappa shape index (κ3) is 3.90. The number of ether oxygens (including phenoxy) is 1. The van der Waals surface area contributed by atoms with E-state index in [0.29, 0.717) is 6.04 Å². The van der Waals surface area contributed by atoms with Crippen molar-refractivity contribution < 1.29 is 13.5 Å². The topological polar surface area (TPSA) is 21.3 Å². The molecule has 19 heavy (non-hydrogen) atoms. The van der Waals surface area contributed by atoms with Crippen molar-refractivity contribution in [1.29, 1.82) is 0 Å². The number of hydrogen-bond acceptors (Lipinski definition) is 2. The first-order valence-electron chi connectivity index (χ1n) is 6.87. The van der Waals surface area contributed by atoms with Gasteiger partial charge in [0.2, 0.25) is 0 Å². The van der Waals surface area contributed by atoms with E-state index in [1.54, 1.807) is 12.1 Å². The molecular weight excluding hydrogens is 248 g/mol. The van der Waals surface area contributed by atoms with E-state index in [1.165, 1.54) is 19.3 Å². The molecule has 106 valence electrons. The van der Waals surface area contributed by atoms with Gasteiger partial charge in [0.15, 0.2) is 0 Å². The Bertz CT molecular complexity index is 390. The largest absolute Gasteiger partial charge is 0.435 e. The fourth-order valence-corrected chi connectivity index (χ4v) is 2.50. The number of alkyl halides is 2. The summed E-state index contributed by atoms with van der Waals surface area (Å²) in [6, 6.07) is 7.57. The van der Waals surface area contributed by atoms with Crippen LogP contribution in [0.4, 0.5) is 8.78 Å². The lowest BCUT2D eigenvalue weighted by molar-refractivity contribution is -0.0498. The van der Waals surface area contributed by atoms with Gasteiger partial charge >= 0.3 is 6.61 Å². The molecule has 2 rings (SSSR count). The van der Waals surface area contributed by atoms with Crippen molar-refractivity contribution in [3.8, 4) is 5.75 Å². The average molecular weight is 269 g/mol. The van der Waals surface area contributed by atoms with E-state index in [0.717, 1.165) is 11.5 Å². The van der Waals surface area contributed by atoms with Crippen LogP contribution < -0.4 is 10.1 Å². The van der Waals surface area contributed by atoms with Gasteiger partial charge < -0.3 is 10.1 Å². The van der Waals surface area contributed by atoms with Crippen molar-refractivity contribution in [2.24, 2.45) is 5.92 Å². The summed E-state index contributed by atoms with van der Waals surface area (Å²) in [5.74, 6) is 0.988. The van der Waals surface area contributed by atoms with Gasteiger partial charge in [-0.25, -0.2) is 0 Å². The smallest absolute Gasteiger partial charge is 0.387 e. The first-order valence-corrected chi connectivity index (χ1v) is 6.87. The van der Waals surface area contributed by atoms with Crippen molar-refractivity contribution in [2.75, 3.05) is 0 Å². The van der Waals surface area contributed by atoms with Crippen molar-refractivity contribution in [3.05, 3.63) is 29.8 Å². The molecule has 4 heteroatoms. The molecule has 1 saturated carbocycles. The minimum absolute atomic E-state index is 0.206. The fourth-order valence-electron chi connectivity index (χ4n) is 2.50. The van der Waals surface area contributed by atoms with Crippen molar-refractivity contribution >= 4 is 0 Å². The lowest BCUT2D eigenvalue weighted by atomic mass is 9.80. The fraction of sp³-hybridized carbons (Fsp3) is 0.600. The molecule has 1 aromatic carbocycles. The highest BCUT2D eigenvalue weighted by molar-refractivity contribution is 5.29. The second-order valence-corrected chi connectivity index (χ2v) is 5.32. The van der Waals surface area contributed by atoms with Gasteiger partial charge in [-0.1, -0.05) is 18.6 Å². The summed E-state index contributed by atoms with van der Waals surface area (Å²) < 4.78 is 28.4. The van der Waals surface area contributed by atoms with Gasteiger partial charge in [0, 0.05) is 12.1 Å². The molecule has 0 spiro atoms. The Morgan fingerprint density at radius 2 is 1.79 bits per heavy atom. The third-order valence-corrected chi connectivity index (χ3v) is 3.98. The van der Waals surface area contributed by atoms with Crippen LogP contribution in [0.1, 0.15) is 44.7 Å². The number of hydrogen-bond donors (Lipinski definition) is 1. The summed E-state index contributed by atoms with van der Waals surface area (Å²) >= 11 is 0.